The summed E-state index contributed by atoms with van der Waals surface area (Å²) in [4.78, 5) is 35.9. The number of hydrogen-bond acceptors (Lipinski definition) is 4. The second-order valence-corrected chi connectivity index (χ2v) is 8.35. The van der Waals surface area contributed by atoms with Gasteiger partial charge in [0.25, 0.3) is 5.69 Å². The van der Waals surface area contributed by atoms with Gasteiger partial charge < -0.3 is 5.32 Å². The average molecular weight is 416 g/mol. The third-order valence-corrected chi connectivity index (χ3v) is 4.96. The Morgan fingerprint density at radius 3 is 2.23 bits per heavy atom. The van der Waals surface area contributed by atoms with E-state index in [9.17, 15) is 19.7 Å². The summed E-state index contributed by atoms with van der Waals surface area (Å²) in [5, 5.41) is 13.8. The smallest absolute Gasteiger partial charge is 0.273 e. The maximum atomic E-state index is 12.9. The number of nitrogens with one attached hydrogen (secondary N) is 1. The van der Waals surface area contributed by atoms with Crippen molar-refractivity contribution in [2.75, 3.05) is 5.32 Å². The monoisotopic (exact) mass is 416 g/mol. The number of nitro groups is 1. The third kappa shape index (κ3) is 5.42. The molecule has 6 nitrogen and oxygen atoms in total. The molecule has 0 aliphatic heterocycles. The van der Waals surface area contributed by atoms with E-state index in [1.807, 2.05) is 24.3 Å². The summed E-state index contributed by atoms with van der Waals surface area (Å²) in [6.45, 7) is 6.33. The molecule has 0 unspecified atom stereocenters. The highest BCUT2D eigenvalue weighted by molar-refractivity contribution is 6.09. The summed E-state index contributed by atoms with van der Waals surface area (Å²) < 4.78 is 0. The van der Waals surface area contributed by atoms with E-state index in [1.54, 1.807) is 42.5 Å². The van der Waals surface area contributed by atoms with E-state index in [-0.39, 0.29) is 23.3 Å². The van der Waals surface area contributed by atoms with Crippen molar-refractivity contribution in [1.82, 2.24) is 0 Å². The number of amides is 1. The second kappa shape index (κ2) is 8.92. The van der Waals surface area contributed by atoms with Crippen molar-refractivity contribution in [2.45, 2.75) is 32.6 Å². The maximum absolute atomic E-state index is 12.9. The van der Waals surface area contributed by atoms with E-state index in [0.29, 0.717) is 22.4 Å². The fourth-order valence-corrected chi connectivity index (χ4v) is 3.24. The molecular weight excluding hydrogens is 392 g/mol. The highest BCUT2D eigenvalue weighted by Gasteiger charge is 2.17. The van der Waals surface area contributed by atoms with Crippen LogP contribution in [0.3, 0.4) is 0 Å². The van der Waals surface area contributed by atoms with Crippen LogP contribution in [0.2, 0.25) is 0 Å². The molecule has 0 radical (unpaired) electrons. The van der Waals surface area contributed by atoms with E-state index >= 15 is 0 Å². The zero-order chi connectivity index (χ0) is 22.6. The van der Waals surface area contributed by atoms with Crippen LogP contribution in [0.4, 0.5) is 11.4 Å². The molecule has 1 N–H and O–H groups in total. The minimum absolute atomic E-state index is 0.000395. The first-order valence-corrected chi connectivity index (χ1v) is 9.92. The summed E-state index contributed by atoms with van der Waals surface area (Å²) in [7, 11) is 0. The van der Waals surface area contributed by atoms with Crippen molar-refractivity contribution in [2.24, 2.45) is 0 Å². The summed E-state index contributed by atoms with van der Waals surface area (Å²) >= 11 is 0. The van der Waals surface area contributed by atoms with Gasteiger partial charge in [0.1, 0.15) is 0 Å². The summed E-state index contributed by atoms with van der Waals surface area (Å²) in [6, 6.07) is 20.3. The van der Waals surface area contributed by atoms with Crippen molar-refractivity contribution in [3.63, 3.8) is 0 Å². The third-order valence-electron chi connectivity index (χ3n) is 4.96. The SMILES string of the molecule is CC(C)(C)c1ccc(C(=O)c2cccc(NC(=O)Cc3ccccc3[N+](=O)[O-])c2)cc1. The lowest BCUT2D eigenvalue weighted by Gasteiger charge is -2.19. The van der Waals surface area contributed by atoms with Gasteiger partial charge in [-0.15, -0.1) is 0 Å². The van der Waals surface area contributed by atoms with Gasteiger partial charge in [0, 0.05) is 28.4 Å². The minimum atomic E-state index is -0.507. The normalized spacial score (nSPS) is 11.1. The zero-order valence-electron chi connectivity index (χ0n) is 17.7. The van der Waals surface area contributed by atoms with E-state index in [2.05, 4.69) is 26.1 Å². The number of nitro benzene ring substituents is 1. The van der Waals surface area contributed by atoms with Crippen LogP contribution in [0.5, 0.6) is 0 Å². The lowest BCUT2D eigenvalue weighted by atomic mass is 9.86. The molecule has 3 rings (SSSR count). The number of ketones is 1. The molecule has 0 heterocycles. The van der Waals surface area contributed by atoms with Crippen LogP contribution in [-0.2, 0) is 16.6 Å². The van der Waals surface area contributed by atoms with Gasteiger partial charge >= 0.3 is 0 Å². The van der Waals surface area contributed by atoms with Crippen LogP contribution in [0.1, 0.15) is 47.8 Å². The molecule has 0 fully saturated rings. The van der Waals surface area contributed by atoms with Crippen molar-refractivity contribution >= 4 is 23.1 Å². The van der Waals surface area contributed by atoms with Gasteiger partial charge in [0.15, 0.2) is 5.78 Å². The Hall–Kier alpha value is -3.80. The molecule has 0 aliphatic carbocycles. The molecule has 0 aromatic heterocycles. The number of anilines is 1. The molecule has 1 amide bonds. The van der Waals surface area contributed by atoms with Crippen LogP contribution in [0, 0.1) is 10.1 Å². The molecule has 31 heavy (non-hydrogen) atoms. The largest absolute Gasteiger partial charge is 0.326 e. The standard InChI is InChI=1S/C25H24N2O4/c1-25(2,3)20-13-11-17(12-14-20)24(29)19-8-6-9-21(15-19)26-23(28)16-18-7-4-5-10-22(18)27(30)31/h4-15H,16H2,1-3H3,(H,26,28). The molecule has 0 atom stereocenters. The van der Waals surface area contributed by atoms with E-state index in [4.69, 9.17) is 0 Å². The molecule has 0 aliphatic rings. The Kier molecular flexibility index (Phi) is 6.30. The first-order valence-electron chi connectivity index (χ1n) is 9.92. The molecule has 3 aromatic carbocycles. The predicted octanol–water partition coefficient (Wildman–Crippen LogP) is 5.30. The van der Waals surface area contributed by atoms with Gasteiger partial charge in [0.05, 0.1) is 11.3 Å². The van der Waals surface area contributed by atoms with Crippen molar-refractivity contribution in [1.29, 1.82) is 0 Å². The Balaban J connectivity index is 1.74. The maximum Gasteiger partial charge on any atom is 0.273 e. The highest BCUT2D eigenvalue weighted by atomic mass is 16.6. The molecule has 3 aromatic rings. The fraction of sp³-hybridized carbons (Fsp3) is 0.200. The highest BCUT2D eigenvalue weighted by Crippen LogP contribution is 2.24. The molecule has 0 saturated carbocycles. The van der Waals surface area contributed by atoms with Gasteiger partial charge in [-0.25, -0.2) is 0 Å². The topological polar surface area (TPSA) is 89.3 Å². The molecule has 0 saturated heterocycles. The minimum Gasteiger partial charge on any atom is -0.326 e. The van der Waals surface area contributed by atoms with Gasteiger partial charge in [-0.1, -0.05) is 75.4 Å². The van der Waals surface area contributed by atoms with Gasteiger partial charge in [-0.3, -0.25) is 19.7 Å². The van der Waals surface area contributed by atoms with Crippen molar-refractivity contribution in [3.8, 4) is 0 Å². The van der Waals surface area contributed by atoms with E-state index in [0.717, 1.165) is 5.56 Å². The number of carbonyl (C=O) groups excluding carboxylic acids is 2. The number of rotatable bonds is 6. The first-order chi connectivity index (χ1) is 14.6. The van der Waals surface area contributed by atoms with E-state index < -0.39 is 10.8 Å². The number of para-hydroxylation sites is 1. The zero-order valence-corrected chi connectivity index (χ0v) is 17.7. The van der Waals surface area contributed by atoms with Crippen LogP contribution in [0.25, 0.3) is 0 Å². The first kappa shape index (κ1) is 21.9. The molecule has 0 spiro atoms. The Morgan fingerprint density at radius 1 is 0.903 bits per heavy atom. The summed E-state index contributed by atoms with van der Waals surface area (Å²) in [5.41, 5.74) is 2.85. The van der Waals surface area contributed by atoms with Gasteiger partial charge in [-0.2, -0.15) is 0 Å². The van der Waals surface area contributed by atoms with Crippen LogP contribution in [-0.4, -0.2) is 16.6 Å². The molecule has 0 bridgehead atoms. The number of benzene rings is 3. The number of nitrogens with zero attached hydrogens (tertiary/aromatic N) is 1. The fourth-order valence-electron chi connectivity index (χ4n) is 3.24. The van der Waals surface area contributed by atoms with Gasteiger partial charge in [-0.05, 0) is 23.1 Å². The Labute approximate surface area is 181 Å². The van der Waals surface area contributed by atoms with Gasteiger partial charge in [0.2, 0.25) is 5.91 Å². The summed E-state index contributed by atoms with van der Waals surface area (Å²) in [5.74, 6) is -0.538. The van der Waals surface area contributed by atoms with Crippen molar-refractivity contribution in [3.05, 3.63) is 105 Å². The summed E-state index contributed by atoms with van der Waals surface area (Å²) in [6.07, 6.45) is -0.135. The van der Waals surface area contributed by atoms with Crippen LogP contribution >= 0.6 is 0 Å². The molecule has 158 valence electrons. The Morgan fingerprint density at radius 2 is 1.58 bits per heavy atom. The Bertz CT molecular complexity index is 1130. The predicted molar refractivity (Wildman–Crippen MR) is 120 cm³/mol. The lowest BCUT2D eigenvalue weighted by Crippen LogP contribution is -2.15. The van der Waals surface area contributed by atoms with E-state index in [1.165, 1.54) is 6.07 Å². The number of carbonyl (C=O) groups is 2. The molecule has 6 heteroatoms. The number of hydrogen-bond donors (Lipinski definition) is 1. The quantitative estimate of drug-likeness (QED) is 0.335. The molecular formula is C25H24N2O4. The van der Waals surface area contributed by atoms with Crippen LogP contribution < -0.4 is 5.32 Å². The van der Waals surface area contributed by atoms with Crippen molar-refractivity contribution < 1.29 is 14.5 Å². The second-order valence-electron chi connectivity index (χ2n) is 8.35. The average Bonchev–Trinajstić information content (AvgIpc) is 2.73. The van der Waals surface area contributed by atoms with Crippen LogP contribution in [0.15, 0.2) is 72.8 Å². The lowest BCUT2D eigenvalue weighted by molar-refractivity contribution is -0.385.